The quantitative estimate of drug-likeness (QED) is 0.487. The Morgan fingerprint density at radius 2 is 2.50 bits per heavy atom. The summed E-state index contributed by atoms with van der Waals surface area (Å²) in [6, 6.07) is 0. The molecule has 0 fully saturated rings. The minimum Gasteiger partial charge on any atom is -0.288 e. The second-order valence-electron chi connectivity index (χ2n) is 1.84. The maximum absolute atomic E-state index is 3.86. The van der Waals surface area contributed by atoms with Gasteiger partial charge in [0.15, 0.2) is 0 Å². The molecule has 0 saturated heterocycles. The van der Waals surface area contributed by atoms with Crippen molar-refractivity contribution in [2.75, 3.05) is 7.05 Å². The highest BCUT2D eigenvalue weighted by Gasteiger charge is 2.13. The van der Waals surface area contributed by atoms with E-state index in [1.54, 1.807) is 5.01 Å². The van der Waals surface area contributed by atoms with Crippen molar-refractivity contribution in [2.45, 2.75) is 13.3 Å². The van der Waals surface area contributed by atoms with Crippen molar-refractivity contribution in [3.8, 4) is 0 Å². The van der Waals surface area contributed by atoms with E-state index in [-0.39, 0.29) is 0 Å². The van der Waals surface area contributed by atoms with E-state index in [1.165, 1.54) is 0 Å². The molecule has 0 spiro atoms. The lowest BCUT2D eigenvalue weighted by Crippen LogP contribution is -2.04. The van der Waals surface area contributed by atoms with E-state index in [0.717, 1.165) is 6.42 Å². The molecule has 2 heteroatoms. The van der Waals surface area contributed by atoms with Crippen LogP contribution in [-0.2, 0) is 0 Å². The first-order valence-corrected chi connectivity index (χ1v) is 2.79. The van der Waals surface area contributed by atoms with Crippen molar-refractivity contribution in [1.82, 2.24) is 5.01 Å². The Balaban J connectivity index is 2.34. The lowest BCUT2D eigenvalue weighted by molar-refractivity contribution is 0.430. The summed E-state index contributed by atoms with van der Waals surface area (Å²) in [6.45, 7) is 5.16. The van der Waals surface area contributed by atoms with Crippen molar-refractivity contribution in [2.24, 2.45) is 11.0 Å². The molecule has 0 N–H and O–H groups in total. The molecular weight excluding hydrogens is 100 g/mol. The molecule has 0 aromatic carbocycles. The molecule has 0 aliphatic carbocycles. The Morgan fingerprint density at radius 1 is 1.75 bits per heavy atom. The van der Waals surface area contributed by atoms with Crippen molar-refractivity contribution in [3.63, 3.8) is 0 Å². The molecule has 0 saturated carbocycles. The van der Waals surface area contributed by atoms with Gasteiger partial charge < -0.3 is 0 Å². The first kappa shape index (κ1) is 5.60. The van der Waals surface area contributed by atoms with Crippen molar-refractivity contribution in [1.29, 1.82) is 0 Å². The van der Waals surface area contributed by atoms with Crippen LogP contribution in [0.5, 0.6) is 0 Å². The summed E-state index contributed by atoms with van der Waals surface area (Å²) in [4.78, 5) is 0. The zero-order valence-corrected chi connectivity index (χ0v) is 5.18. The van der Waals surface area contributed by atoms with E-state index >= 15 is 0 Å². The van der Waals surface area contributed by atoms with Crippen LogP contribution in [0.1, 0.15) is 13.3 Å². The van der Waals surface area contributed by atoms with Gasteiger partial charge in [0.1, 0.15) is 6.54 Å². The van der Waals surface area contributed by atoms with Crippen LogP contribution in [-0.4, -0.2) is 18.3 Å². The van der Waals surface area contributed by atoms with E-state index in [9.17, 15) is 0 Å². The van der Waals surface area contributed by atoms with E-state index in [0.29, 0.717) is 5.92 Å². The number of hydrazone groups is 1. The molecule has 3 radical (unpaired) electrons. The van der Waals surface area contributed by atoms with E-state index in [4.69, 9.17) is 0 Å². The fourth-order valence-corrected chi connectivity index (χ4v) is 0.622. The van der Waals surface area contributed by atoms with Gasteiger partial charge in [-0.25, -0.2) is 0 Å². The third-order valence-corrected chi connectivity index (χ3v) is 1.11. The second-order valence-corrected chi connectivity index (χ2v) is 1.84. The molecule has 1 aliphatic rings. The van der Waals surface area contributed by atoms with Crippen LogP contribution in [0.2, 0.25) is 0 Å². The van der Waals surface area contributed by atoms with Gasteiger partial charge >= 0.3 is 0 Å². The van der Waals surface area contributed by atoms with E-state index in [2.05, 4.69) is 24.8 Å². The Kier molecular flexibility index (Phi) is 1.51. The summed E-state index contributed by atoms with van der Waals surface area (Å²) >= 11 is 0. The molecule has 1 rings (SSSR count). The molecule has 1 atom stereocenters. The normalized spacial score (nSPS) is 27.2. The Bertz CT molecular complexity index is 98.7. The smallest absolute Gasteiger partial charge is 0.122 e. The zero-order chi connectivity index (χ0) is 5.98. The monoisotopic (exact) mass is 109 g/mol. The highest BCUT2D eigenvalue weighted by molar-refractivity contribution is 5.64. The van der Waals surface area contributed by atoms with Crippen molar-refractivity contribution in [3.05, 3.63) is 6.54 Å². The second kappa shape index (κ2) is 2.16. The van der Waals surface area contributed by atoms with Gasteiger partial charge in [0, 0.05) is 13.0 Å². The number of rotatable bonds is 1. The molecule has 0 amide bonds. The Labute approximate surface area is 50.2 Å². The highest BCUT2D eigenvalue weighted by Crippen LogP contribution is 2.12. The van der Waals surface area contributed by atoms with Gasteiger partial charge in [-0.05, 0) is 6.42 Å². The fourth-order valence-electron chi connectivity index (χ4n) is 0.622. The maximum Gasteiger partial charge on any atom is 0.122 e. The lowest BCUT2D eigenvalue weighted by atomic mass is 10.1. The third-order valence-electron chi connectivity index (χ3n) is 1.11. The van der Waals surface area contributed by atoms with Gasteiger partial charge in [-0.1, -0.05) is 6.92 Å². The van der Waals surface area contributed by atoms with Gasteiger partial charge in [-0.3, -0.25) is 5.01 Å². The van der Waals surface area contributed by atoms with Gasteiger partial charge in [-0.2, -0.15) is 5.10 Å². The highest BCUT2D eigenvalue weighted by atomic mass is 15.4. The van der Waals surface area contributed by atoms with Crippen LogP contribution in [0, 0.1) is 12.5 Å². The SMILES string of the molecule is CCC1[C]N(C)N=[C]1. The fraction of sp³-hybridized carbons (Fsp3) is 0.667. The average Bonchev–Trinajstić information content (AvgIpc) is 2.14. The summed E-state index contributed by atoms with van der Waals surface area (Å²) in [5.41, 5.74) is 0. The van der Waals surface area contributed by atoms with E-state index in [1.807, 2.05) is 7.05 Å². The summed E-state index contributed by atoms with van der Waals surface area (Å²) in [6.07, 6.45) is 3.95. The minimum absolute atomic E-state index is 0.333. The Hall–Kier alpha value is -0.530. The number of nitrogens with zero attached hydrogens (tertiary/aromatic N) is 2. The molecule has 0 bridgehead atoms. The lowest BCUT2D eigenvalue weighted by Gasteiger charge is -2.03. The van der Waals surface area contributed by atoms with Crippen LogP contribution >= 0.6 is 0 Å². The zero-order valence-electron chi connectivity index (χ0n) is 5.18. The molecule has 43 valence electrons. The first-order chi connectivity index (χ1) is 3.83. The molecule has 8 heavy (non-hydrogen) atoms. The number of hydrogen-bond donors (Lipinski definition) is 0. The molecule has 0 aromatic rings. The maximum atomic E-state index is 3.86. The first-order valence-electron chi connectivity index (χ1n) is 2.79. The van der Waals surface area contributed by atoms with Gasteiger partial charge in [0.05, 0.1) is 6.21 Å². The summed E-state index contributed by atoms with van der Waals surface area (Å²) in [5.74, 6) is 0.333. The van der Waals surface area contributed by atoms with Crippen LogP contribution in [0.4, 0.5) is 0 Å². The molecule has 1 aliphatic heterocycles. The molecule has 1 heterocycles. The molecule has 2 nitrogen and oxygen atoms in total. The van der Waals surface area contributed by atoms with Crippen LogP contribution in [0.3, 0.4) is 0 Å². The topological polar surface area (TPSA) is 15.6 Å². The van der Waals surface area contributed by atoms with Gasteiger partial charge in [0.25, 0.3) is 0 Å². The van der Waals surface area contributed by atoms with Gasteiger partial charge in [0.2, 0.25) is 0 Å². The Morgan fingerprint density at radius 3 is 2.75 bits per heavy atom. The average molecular weight is 109 g/mol. The van der Waals surface area contributed by atoms with E-state index < -0.39 is 0 Å². The molecular formula is C6H9N2. The summed E-state index contributed by atoms with van der Waals surface area (Å²) in [5, 5.41) is 5.54. The summed E-state index contributed by atoms with van der Waals surface area (Å²) < 4.78 is 0. The predicted octanol–water partition coefficient (Wildman–Crippen LogP) is 0.860. The largest absolute Gasteiger partial charge is 0.288 e. The van der Waals surface area contributed by atoms with Crippen molar-refractivity contribution < 1.29 is 0 Å². The standard InChI is InChI=1S/C6H9N2/c1-3-6-4-7-8(2)5-6/h6H,3H2,1-2H3. The van der Waals surface area contributed by atoms with Crippen LogP contribution < -0.4 is 0 Å². The van der Waals surface area contributed by atoms with Crippen LogP contribution in [0.25, 0.3) is 0 Å². The number of hydrogen-bond acceptors (Lipinski definition) is 2. The van der Waals surface area contributed by atoms with Crippen LogP contribution in [0.15, 0.2) is 5.10 Å². The predicted molar refractivity (Wildman–Crippen MR) is 32.2 cm³/mol. The minimum atomic E-state index is 0.333. The van der Waals surface area contributed by atoms with Crippen molar-refractivity contribution >= 4 is 6.21 Å². The molecule has 0 aromatic heterocycles. The summed E-state index contributed by atoms with van der Waals surface area (Å²) in [7, 11) is 1.86. The third kappa shape index (κ3) is 0.997. The molecule has 1 unspecified atom stereocenters. The van der Waals surface area contributed by atoms with Gasteiger partial charge in [-0.15, -0.1) is 0 Å².